The van der Waals surface area contributed by atoms with Crippen molar-refractivity contribution >= 4 is 29.9 Å². The molecule has 10 heteroatoms. The zero-order chi connectivity index (χ0) is 21.2. The van der Waals surface area contributed by atoms with Gasteiger partial charge in [0.15, 0.2) is 5.96 Å². The molecule has 6 nitrogen and oxygen atoms in total. The first-order valence-electron chi connectivity index (χ1n) is 8.97. The van der Waals surface area contributed by atoms with Crippen LogP contribution in [0.3, 0.4) is 0 Å². The predicted molar refractivity (Wildman–Crippen MR) is 118 cm³/mol. The van der Waals surface area contributed by atoms with Crippen molar-refractivity contribution in [3.8, 4) is 5.75 Å². The summed E-state index contributed by atoms with van der Waals surface area (Å²) in [6, 6.07) is 3.98. The Morgan fingerprint density at radius 1 is 1.07 bits per heavy atom. The third kappa shape index (κ3) is 11.5. The van der Waals surface area contributed by atoms with Gasteiger partial charge in [0.2, 0.25) is 0 Å². The maximum Gasteiger partial charge on any atom is 0.416 e. The van der Waals surface area contributed by atoms with Gasteiger partial charge in [-0.2, -0.15) is 13.2 Å². The predicted octanol–water partition coefficient (Wildman–Crippen LogP) is 3.83. The van der Waals surface area contributed by atoms with Gasteiger partial charge >= 0.3 is 6.18 Å². The van der Waals surface area contributed by atoms with Crippen LogP contribution in [0.1, 0.15) is 31.9 Å². The van der Waals surface area contributed by atoms with E-state index in [1.54, 1.807) is 34.9 Å². The molecule has 0 amide bonds. The summed E-state index contributed by atoms with van der Waals surface area (Å²) in [5.74, 6) is 0.567. The summed E-state index contributed by atoms with van der Waals surface area (Å²) < 4.78 is 56.1. The molecule has 0 fully saturated rings. The minimum Gasteiger partial charge on any atom is -0.488 e. The molecule has 0 bridgehead atoms. The Hall–Kier alpha value is -1.27. The highest BCUT2D eigenvalue weighted by atomic mass is 127. The maximum atomic E-state index is 13.5. The highest BCUT2D eigenvalue weighted by Crippen LogP contribution is 2.35. The zero-order valence-corrected chi connectivity index (χ0v) is 19.8. The average Bonchev–Trinajstić information content (AvgIpc) is 2.59. The molecule has 0 aliphatic carbocycles. The third-order valence-corrected chi connectivity index (χ3v) is 3.45. The molecule has 0 spiro atoms. The number of hydrogen-bond acceptors (Lipinski definition) is 4. The largest absolute Gasteiger partial charge is 0.488 e. The number of nitrogens with one attached hydrogen (secondary N) is 2. The van der Waals surface area contributed by atoms with Crippen molar-refractivity contribution in [2.75, 3.05) is 40.5 Å². The standard InChI is InChI=1S/C19H30F3N3O3.HI/c1-18(2,3)28-15-7-6-14(16(12-15)19(20,21)22)13-25-17(23-4)24-8-9-27-11-10-26-5;/h6-7,12H,8-11,13H2,1-5H3,(H2,23,24,25);1H. The van der Waals surface area contributed by atoms with Crippen molar-refractivity contribution in [3.63, 3.8) is 0 Å². The highest BCUT2D eigenvalue weighted by Gasteiger charge is 2.34. The molecule has 0 aliphatic rings. The molecule has 2 N–H and O–H groups in total. The van der Waals surface area contributed by atoms with Gasteiger partial charge in [0.05, 0.1) is 25.4 Å². The third-order valence-electron chi connectivity index (χ3n) is 3.45. The van der Waals surface area contributed by atoms with Gasteiger partial charge in [-0.1, -0.05) is 6.07 Å². The van der Waals surface area contributed by atoms with Crippen LogP contribution in [0.25, 0.3) is 0 Å². The average molecular weight is 533 g/mol. The van der Waals surface area contributed by atoms with E-state index in [9.17, 15) is 13.2 Å². The number of hydrogen-bond donors (Lipinski definition) is 2. The monoisotopic (exact) mass is 533 g/mol. The van der Waals surface area contributed by atoms with Crippen LogP contribution in [0.4, 0.5) is 13.2 Å². The number of halogens is 4. The number of alkyl halides is 3. The van der Waals surface area contributed by atoms with Crippen molar-refractivity contribution in [3.05, 3.63) is 29.3 Å². The molecule has 0 aliphatic heterocycles. The van der Waals surface area contributed by atoms with E-state index in [0.29, 0.717) is 32.3 Å². The van der Waals surface area contributed by atoms with Crippen molar-refractivity contribution in [1.82, 2.24) is 10.6 Å². The Balaban J connectivity index is 0.00000784. The van der Waals surface area contributed by atoms with E-state index in [-0.39, 0.29) is 41.8 Å². The van der Waals surface area contributed by atoms with Crippen molar-refractivity contribution in [2.24, 2.45) is 4.99 Å². The fourth-order valence-corrected chi connectivity index (χ4v) is 2.28. The van der Waals surface area contributed by atoms with E-state index >= 15 is 0 Å². The summed E-state index contributed by atoms with van der Waals surface area (Å²) >= 11 is 0. The van der Waals surface area contributed by atoms with Gasteiger partial charge in [0, 0.05) is 27.2 Å². The number of methoxy groups -OCH3 is 1. The van der Waals surface area contributed by atoms with Crippen molar-refractivity contribution in [2.45, 2.75) is 39.1 Å². The van der Waals surface area contributed by atoms with E-state index in [2.05, 4.69) is 15.6 Å². The molecule has 1 rings (SSSR count). The summed E-state index contributed by atoms with van der Waals surface area (Å²) in [4.78, 5) is 4.00. The Morgan fingerprint density at radius 3 is 2.31 bits per heavy atom. The number of aliphatic imine (C=N–C) groups is 1. The molecule has 0 radical (unpaired) electrons. The quantitative estimate of drug-likeness (QED) is 0.219. The van der Waals surface area contributed by atoms with Gasteiger partial charge in [-0.25, -0.2) is 0 Å². The molecule has 0 atom stereocenters. The lowest BCUT2D eigenvalue weighted by Crippen LogP contribution is -2.39. The maximum absolute atomic E-state index is 13.5. The van der Waals surface area contributed by atoms with Gasteiger partial charge < -0.3 is 24.8 Å². The minimum atomic E-state index is -4.49. The first-order valence-corrected chi connectivity index (χ1v) is 8.97. The zero-order valence-electron chi connectivity index (χ0n) is 17.5. The fraction of sp³-hybridized carbons (Fsp3) is 0.632. The Morgan fingerprint density at radius 2 is 1.76 bits per heavy atom. The second-order valence-corrected chi connectivity index (χ2v) is 6.99. The molecule has 29 heavy (non-hydrogen) atoms. The van der Waals surface area contributed by atoms with Crippen LogP contribution in [0.15, 0.2) is 23.2 Å². The molecule has 0 saturated heterocycles. The van der Waals surface area contributed by atoms with E-state index < -0.39 is 17.3 Å². The summed E-state index contributed by atoms with van der Waals surface area (Å²) in [6.07, 6.45) is -4.49. The van der Waals surface area contributed by atoms with E-state index in [4.69, 9.17) is 14.2 Å². The summed E-state index contributed by atoms with van der Waals surface area (Å²) in [5, 5.41) is 5.87. The number of guanidine groups is 1. The Kier molecular flexibility index (Phi) is 12.5. The van der Waals surface area contributed by atoms with Gasteiger partial charge in [-0.05, 0) is 38.5 Å². The molecule has 0 aromatic heterocycles. The van der Waals surface area contributed by atoms with E-state index in [1.807, 2.05) is 0 Å². The second-order valence-electron chi connectivity index (χ2n) is 6.99. The van der Waals surface area contributed by atoms with Crippen LogP contribution in [-0.4, -0.2) is 52.1 Å². The van der Waals surface area contributed by atoms with E-state index in [0.717, 1.165) is 6.07 Å². The van der Waals surface area contributed by atoms with Crippen LogP contribution in [0.2, 0.25) is 0 Å². The van der Waals surface area contributed by atoms with Crippen molar-refractivity contribution < 1.29 is 27.4 Å². The van der Waals surface area contributed by atoms with Crippen molar-refractivity contribution in [1.29, 1.82) is 0 Å². The second kappa shape index (κ2) is 13.1. The van der Waals surface area contributed by atoms with Crippen LogP contribution in [0, 0.1) is 0 Å². The number of rotatable bonds is 9. The van der Waals surface area contributed by atoms with Crippen LogP contribution >= 0.6 is 24.0 Å². The minimum absolute atomic E-state index is 0. The number of ether oxygens (including phenoxy) is 3. The smallest absolute Gasteiger partial charge is 0.416 e. The number of nitrogens with zero attached hydrogens (tertiary/aromatic N) is 1. The van der Waals surface area contributed by atoms with Crippen LogP contribution < -0.4 is 15.4 Å². The lowest BCUT2D eigenvalue weighted by Gasteiger charge is -2.23. The first kappa shape index (κ1) is 27.7. The molecule has 168 valence electrons. The summed E-state index contributed by atoms with van der Waals surface area (Å²) in [6.45, 7) is 7.18. The van der Waals surface area contributed by atoms with Gasteiger partial charge in [-0.15, -0.1) is 24.0 Å². The van der Waals surface area contributed by atoms with Gasteiger partial charge in [-0.3, -0.25) is 4.99 Å². The molecule has 0 saturated carbocycles. The molecular formula is C19H31F3IN3O3. The normalized spacial score (nSPS) is 12.3. The molecular weight excluding hydrogens is 502 g/mol. The lowest BCUT2D eigenvalue weighted by atomic mass is 10.1. The highest BCUT2D eigenvalue weighted by molar-refractivity contribution is 14.0. The molecule has 0 heterocycles. The summed E-state index contributed by atoms with van der Waals surface area (Å²) in [7, 11) is 3.14. The Labute approximate surface area is 187 Å². The van der Waals surface area contributed by atoms with Gasteiger partial charge in [0.25, 0.3) is 0 Å². The SMILES string of the molecule is CN=C(NCCOCCOC)NCc1ccc(OC(C)(C)C)cc1C(F)(F)F.I. The van der Waals surface area contributed by atoms with Crippen LogP contribution in [-0.2, 0) is 22.2 Å². The first-order chi connectivity index (χ1) is 13.1. The molecule has 1 aromatic carbocycles. The summed E-state index contributed by atoms with van der Waals surface area (Å²) in [5.41, 5.74) is -1.21. The number of benzene rings is 1. The van der Waals surface area contributed by atoms with Gasteiger partial charge in [0.1, 0.15) is 11.4 Å². The van der Waals surface area contributed by atoms with E-state index in [1.165, 1.54) is 12.1 Å². The molecule has 1 aromatic rings. The lowest BCUT2D eigenvalue weighted by molar-refractivity contribution is -0.138. The topological polar surface area (TPSA) is 64.1 Å². The fourth-order valence-electron chi connectivity index (χ4n) is 2.28. The van der Waals surface area contributed by atoms with Crippen LogP contribution in [0.5, 0.6) is 5.75 Å². The molecule has 0 unspecified atom stereocenters. The Bertz CT molecular complexity index is 635.